The molecular formula is C42H38F6O8. The third-order valence-corrected chi connectivity index (χ3v) is 9.26. The maximum Gasteiger partial charge on any atom is 0.417 e. The van der Waals surface area contributed by atoms with Gasteiger partial charge in [-0.3, -0.25) is 0 Å². The summed E-state index contributed by atoms with van der Waals surface area (Å²) in [5, 5.41) is 10.7. The fourth-order valence-electron chi connectivity index (χ4n) is 6.80. The SMILES string of the molecule is CC(CC(C)(C)O)OC(COC1=CC=C2C=C(c3ccccc3C(F)(F)F)C(=O)OC2(C)C1)COc1ccc2cc(-c3ccccc3C(F)(F)F)c(=O)oc2c1. The topological polar surface area (TPSA) is 104 Å². The number of hydrogen-bond acceptors (Lipinski definition) is 8. The molecule has 1 N–H and O–H groups in total. The maximum absolute atomic E-state index is 13.7. The van der Waals surface area contributed by atoms with Crippen molar-refractivity contribution in [2.24, 2.45) is 0 Å². The molecule has 56 heavy (non-hydrogen) atoms. The number of carbonyl (C=O) groups is 1. The Balaban J connectivity index is 1.19. The number of fused-ring (bicyclic) bond motifs is 2. The molecule has 1 aliphatic carbocycles. The van der Waals surface area contributed by atoms with Gasteiger partial charge in [-0.1, -0.05) is 42.5 Å². The lowest BCUT2D eigenvalue weighted by Crippen LogP contribution is -2.40. The van der Waals surface area contributed by atoms with E-state index < -0.39 is 58.5 Å². The molecule has 2 aliphatic rings. The highest BCUT2D eigenvalue weighted by Crippen LogP contribution is 2.43. The molecule has 1 aliphatic heterocycles. The van der Waals surface area contributed by atoms with Gasteiger partial charge >= 0.3 is 23.9 Å². The molecule has 296 valence electrons. The zero-order chi connectivity index (χ0) is 40.6. The highest BCUT2D eigenvalue weighted by molar-refractivity contribution is 6.18. The number of rotatable bonds is 12. The second-order valence-electron chi connectivity index (χ2n) is 14.6. The van der Waals surface area contributed by atoms with Crippen LogP contribution in [0, 0.1) is 0 Å². The number of carbonyl (C=O) groups excluding carboxylic acids is 1. The zero-order valence-electron chi connectivity index (χ0n) is 30.7. The molecule has 3 unspecified atom stereocenters. The first-order valence-electron chi connectivity index (χ1n) is 17.6. The largest absolute Gasteiger partial charge is 0.495 e. The molecule has 1 aromatic heterocycles. The lowest BCUT2D eigenvalue weighted by molar-refractivity contribution is -0.149. The second kappa shape index (κ2) is 15.3. The van der Waals surface area contributed by atoms with Crippen molar-refractivity contribution in [2.45, 2.75) is 76.3 Å². The normalized spacial score (nSPS) is 18.6. The van der Waals surface area contributed by atoms with Gasteiger partial charge in [0.15, 0.2) is 0 Å². The first-order valence-corrected chi connectivity index (χ1v) is 17.6. The van der Waals surface area contributed by atoms with Gasteiger partial charge in [-0.25, -0.2) is 9.59 Å². The summed E-state index contributed by atoms with van der Waals surface area (Å²) in [7, 11) is 0. The number of allylic oxidation sites excluding steroid dienone is 2. The summed E-state index contributed by atoms with van der Waals surface area (Å²) < 4.78 is 112. The number of hydrogen-bond donors (Lipinski definition) is 1. The van der Waals surface area contributed by atoms with Crippen LogP contribution in [0.2, 0.25) is 0 Å². The van der Waals surface area contributed by atoms with Crippen molar-refractivity contribution in [3.63, 3.8) is 0 Å². The monoisotopic (exact) mass is 784 g/mol. The summed E-state index contributed by atoms with van der Waals surface area (Å²) in [5.74, 6) is -0.254. The van der Waals surface area contributed by atoms with Gasteiger partial charge in [-0.2, -0.15) is 26.3 Å². The number of esters is 1. The standard InChI is InChI=1S/C42H38F6O8/c1-24(20-39(2,3)51)54-29(22-52-27-15-13-25-17-32(37(49)55-36(25)19-27)30-9-5-7-11-34(30)41(43,44)45)23-53-28-16-14-26-18-33(38(50)56-40(26,4)21-28)31-10-6-8-12-35(31)42(46,47)48/h5-19,24,29,51H,20-23H2,1-4H3. The minimum absolute atomic E-state index is 0.0695. The van der Waals surface area contributed by atoms with Crippen LogP contribution in [0.4, 0.5) is 26.3 Å². The van der Waals surface area contributed by atoms with E-state index >= 15 is 0 Å². The first-order chi connectivity index (χ1) is 26.2. The average Bonchev–Trinajstić information content (AvgIpc) is 3.10. The molecule has 0 bridgehead atoms. The molecule has 3 aromatic carbocycles. The molecule has 3 atom stereocenters. The van der Waals surface area contributed by atoms with Crippen molar-refractivity contribution in [1.82, 2.24) is 0 Å². The molecule has 0 saturated heterocycles. The number of ether oxygens (including phenoxy) is 4. The van der Waals surface area contributed by atoms with Gasteiger partial charge in [0.05, 0.1) is 34.0 Å². The molecule has 8 nitrogen and oxygen atoms in total. The summed E-state index contributed by atoms with van der Waals surface area (Å²) in [5.41, 5.74) is -5.68. The predicted octanol–water partition coefficient (Wildman–Crippen LogP) is 9.44. The van der Waals surface area contributed by atoms with Crippen molar-refractivity contribution in [1.29, 1.82) is 0 Å². The smallest absolute Gasteiger partial charge is 0.417 e. The van der Waals surface area contributed by atoms with E-state index in [0.29, 0.717) is 16.7 Å². The Bertz CT molecular complexity index is 2280. The average molecular weight is 785 g/mol. The van der Waals surface area contributed by atoms with Crippen LogP contribution in [-0.4, -0.2) is 47.7 Å². The van der Waals surface area contributed by atoms with Crippen LogP contribution in [-0.2, 0) is 31.4 Å². The lowest BCUT2D eigenvalue weighted by Gasteiger charge is -2.38. The van der Waals surface area contributed by atoms with Gasteiger partial charge in [0, 0.05) is 35.4 Å². The van der Waals surface area contributed by atoms with Crippen LogP contribution < -0.4 is 10.4 Å². The molecule has 14 heteroatoms. The fraction of sp³-hybridized carbons (Fsp3) is 0.333. The Labute approximate surface area is 317 Å². The van der Waals surface area contributed by atoms with Gasteiger partial charge in [0.1, 0.15) is 42.0 Å². The summed E-state index contributed by atoms with van der Waals surface area (Å²) >= 11 is 0. The quantitative estimate of drug-likeness (QED) is 0.0862. The Morgan fingerprint density at radius 2 is 1.45 bits per heavy atom. The minimum Gasteiger partial charge on any atom is -0.495 e. The zero-order valence-corrected chi connectivity index (χ0v) is 30.7. The van der Waals surface area contributed by atoms with Gasteiger partial charge in [-0.05, 0) is 75.8 Å². The summed E-state index contributed by atoms with van der Waals surface area (Å²) in [6.45, 7) is 6.51. The van der Waals surface area contributed by atoms with E-state index in [4.69, 9.17) is 23.4 Å². The molecule has 0 radical (unpaired) electrons. The van der Waals surface area contributed by atoms with E-state index in [2.05, 4.69) is 0 Å². The summed E-state index contributed by atoms with van der Waals surface area (Å²) in [4.78, 5) is 26.0. The molecule has 6 rings (SSSR count). The van der Waals surface area contributed by atoms with Crippen molar-refractivity contribution in [3.05, 3.63) is 129 Å². The number of alkyl halides is 6. The van der Waals surface area contributed by atoms with Crippen molar-refractivity contribution < 1.29 is 59.6 Å². The van der Waals surface area contributed by atoms with E-state index in [1.807, 2.05) is 0 Å². The van der Waals surface area contributed by atoms with Gasteiger partial charge in [-0.15, -0.1) is 0 Å². The molecule has 0 fully saturated rings. The van der Waals surface area contributed by atoms with Crippen LogP contribution in [0.1, 0.15) is 57.2 Å². The van der Waals surface area contributed by atoms with E-state index in [1.54, 1.807) is 52.0 Å². The summed E-state index contributed by atoms with van der Waals surface area (Å²) in [6, 6.07) is 15.4. The Morgan fingerprint density at radius 1 is 0.821 bits per heavy atom. The second-order valence-corrected chi connectivity index (χ2v) is 14.6. The van der Waals surface area contributed by atoms with E-state index in [1.165, 1.54) is 54.6 Å². The van der Waals surface area contributed by atoms with Crippen molar-refractivity contribution in [2.75, 3.05) is 13.2 Å². The number of aliphatic hydroxyl groups is 1. The highest BCUT2D eigenvalue weighted by atomic mass is 19.4. The lowest BCUT2D eigenvalue weighted by atomic mass is 9.82. The van der Waals surface area contributed by atoms with E-state index in [-0.39, 0.29) is 59.7 Å². The van der Waals surface area contributed by atoms with Crippen molar-refractivity contribution in [3.8, 4) is 16.9 Å². The number of halogens is 6. The van der Waals surface area contributed by atoms with Gasteiger partial charge < -0.3 is 28.5 Å². The third-order valence-electron chi connectivity index (χ3n) is 9.26. The maximum atomic E-state index is 13.7. The van der Waals surface area contributed by atoms with Crippen LogP contribution in [0.5, 0.6) is 5.75 Å². The molecule has 4 aromatic rings. The van der Waals surface area contributed by atoms with Crippen LogP contribution in [0.15, 0.2) is 112 Å². The van der Waals surface area contributed by atoms with Crippen LogP contribution in [0.25, 0.3) is 27.7 Å². The third kappa shape index (κ3) is 9.19. The van der Waals surface area contributed by atoms with Crippen LogP contribution in [0.3, 0.4) is 0 Å². The van der Waals surface area contributed by atoms with E-state index in [9.17, 15) is 41.0 Å². The molecule has 0 spiro atoms. The highest BCUT2D eigenvalue weighted by Gasteiger charge is 2.43. The first kappa shape index (κ1) is 40.3. The van der Waals surface area contributed by atoms with E-state index in [0.717, 1.165) is 12.1 Å². The summed E-state index contributed by atoms with van der Waals surface area (Å²) in [6.07, 6.45) is -5.60. The number of benzene rings is 3. The minimum atomic E-state index is -4.69. The van der Waals surface area contributed by atoms with Gasteiger partial charge in [0.25, 0.3) is 0 Å². The molecule has 0 saturated carbocycles. The Morgan fingerprint density at radius 3 is 2.11 bits per heavy atom. The Kier molecular flexibility index (Phi) is 11.0. The molecular weight excluding hydrogens is 746 g/mol. The van der Waals surface area contributed by atoms with Crippen LogP contribution >= 0.6 is 0 Å². The molecule has 0 amide bonds. The fourth-order valence-corrected chi connectivity index (χ4v) is 6.80. The molecule has 2 heterocycles. The Hall–Kier alpha value is -5.34. The van der Waals surface area contributed by atoms with Crippen molar-refractivity contribution >= 4 is 22.5 Å². The van der Waals surface area contributed by atoms with Gasteiger partial charge in [0.2, 0.25) is 0 Å². The predicted molar refractivity (Wildman–Crippen MR) is 194 cm³/mol.